The average Bonchev–Trinajstić information content (AvgIpc) is 2.67. The van der Waals surface area contributed by atoms with Crippen LogP contribution in [-0.2, 0) is 6.42 Å². The molecule has 0 bridgehead atoms. The Morgan fingerprint density at radius 1 is 1.33 bits per heavy atom. The molecule has 1 aliphatic rings. The van der Waals surface area contributed by atoms with Crippen molar-refractivity contribution in [2.75, 3.05) is 0 Å². The summed E-state index contributed by atoms with van der Waals surface area (Å²) in [4.78, 5) is 0. The van der Waals surface area contributed by atoms with Gasteiger partial charge in [-0.3, -0.25) is 0 Å². The third-order valence-electron chi connectivity index (χ3n) is 2.77. The summed E-state index contributed by atoms with van der Waals surface area (Å²) in [6, 6.07) is 8.36. The number of ether oxygens (including phenoxy) is 1. The second-order valence-corrected chi connectivity index (χ2v) is 4.01. The van der Waals surface area contributed by atoms with Gasteiger partial charge in [0.15, 0.2) is 0 Å². The van der Waals surface area contributed by atoms with E-state index in [0.717, 1.165) is 31.4 Å². The van der Waals surface area contributed by atoms with E-state index in [1.165, 1.54) is 5.56 Å². The molecular weight excluding hydrogens is 184 g/mol. The van der Waals surface area contributed by atoms with Gasteiger partial charge in [0.2, 0.25) is 0 Å². The summed E-state index contributed by atoms with van der Waals surface area (Å²) in [6.07, 6.45) is 9.34. The number of benzene rings is 1. The van der Waals surface area contributed by atoms with Crippen molar-refractivity contribution in [1.29, 1.82) is 0 Å². The molecule has 2 rings (SSSR count). The van der Waals surface area contributed by atoms with Crippen LogP contribution in [0.2, 0.25) is 0 Å². The maximum Gasteiger partial charge on any atom is 0.123 e. The number of rotatable bonds is 4. The molecule has 0 aromatic heterocycles. The average molecular weight is 202 g/mol. The highest BCUT2D eigenvalue weighted by molar-refractivity contribution is 5.37. The first kappa shape index (κ1) is 10.3. The summed E-state index contributed by atoms with van der Waals surface area (Å²) in [6.45, 7) is 2.17. The van der Waals surface area contributed by atoms with E-state index in [2.05, 4.69) is 37.3 Å². The van der Waals surface area contributed by atoms with Crippen LogP contribution in [0.15, 0.2) is 36.4 Å². The Balaban J connectivity index is 1.83. The standard InChI is InChI=1S/C14H18O/c1-2-3-4-5-9-13-11-12-8-6-7-10-14(12)15-13/h3-4,6-8,10,13H,2,5,9,11H2,1H3. The van der Waals surface area contributed by atoms with Crippen molar-refractivity contribution in [3.8, 4) is 5.75 Å². The molecule has 1 unspecified atom stereocenters. The van der Waals surface area contributed by atoms with E-state index in [0.29, 0.717) is 6.10 Å². The highest BCUT2D eigenvalue weighted by Gasteiger charge is 2.20. The van der Waals surface area contributed by atoms with E-state index in [1.54, 1.807) is 0 Å². The molecule has 0 N–H and O–H groups in total. The fourth-order valence-electron chi connectivity index (χ4n) is 1.98. The molecule has 0 radical (unpaired) electrons. The van der Waals surface area contributed by atoms with Gasteiger partial charge in [-0.25, -0.2) is 0 Å². The Kier molecular flexibility index (Phi) is 3.44. The van der Waals surface area contributed by atoms with Crippen LogP contribution in [0, 0.1) is 0 Å². The van der Waals surface area contributed by atoms with Crippen LogP contribution in [0.1, 0.15) is 31.7 Å². The van der Waals surface area contributed by atoms with Crippen LogP contribution in [0.5, 0.6) is 5.75 Å². The molecule has 1 atom stereocenters. The predicted molar refractivity (Wildman–Crippen MR) is 63.2 cm³/mol. The summed E-state index contributed by atoms with van der Waals surface area (Å²) in [5.41, 5.74) is 1.36. The minimum Gasteiger partial charge on any atom is -0.490 e. The Hall–Kier alpha value is -1.24. The normalized spacial score (nSPS) is 19.1. The molecule has 1 heterocycles. The van der Waals surface area contributed by atoms with Crippen molar-refractivity contribution in [3.63, 3.8) is 0 Å². The van der Waals surface area contributed by atoms with E-state index in [9.17, 15) is 0 Å². The maximum absolute atomic E-state index is 5.85. The van der Waals surface area contributed by atoms with E-state index in [1.807, 2.05) is 6.07 Å². The van der Waals surface area contributed by atoms with Gasteiger partial charge in [0.05, 0.1) is 0 Å². The first-order valence-electron chi connectivity index (χ1n) is 5.79. The van der Waals surface area contributed by atoms with Gasteiger partial charge in [-0.15, -0.1) is 0 Å². The lowest BCUT2D eigenvalue weighted by molar-refractivity contribution is 0.223. The third kappa shape index (κ3) is 2.62. The zero-order valence-corrected chi connectivity index (χ0v) is 9.28. The quantitative estimate of drug-likeness (QED) is 0.676. The summed E-state index contributed by atoms with van der Waals surface area (Å²) in [5, 5.41) is 0. The second-order valence-electron chi connectivity index (χ2n) is 4.01. The monoisotopic (exact) mass is 202 g/mol. The lowest BCUT2D eigenvalue weighted by atomic mass is 10.1. The smallest absolute Gasteiger partial charge is 0.123 e. The maximum atomic E-state index is 5.85. The molecule has 1 aliphatic heterocycles. The van der Waals surface area contributed by atoms with Crippen LogP contribution in [0.3, 0.4) is 0 Å². The minimum atomic E-state index is 0.393. The highest BCUT2D eigenvalue weighted by atomic mass is 16.5. The van der Waals surface area contributed by atoms with Gasteiger partial charge in [0.25, 0.3) is 0 Å². The summed E-state index contributed by atoms with van der Waals surface area (Å²) in [7, 11) is 0. The van der Waals surface area contributed by atoms with Gasteiger partial charge < -0.3 is 4.74 Å². The largest absolute Gasteiger partial charge is 0.490 e. The zero-order chi connectivity index (χ0) is 10.5. The van der Waals surface area contributed by atoms with Crippen molar-refractivity contribution in [2.24, 2.45) is 0 Å². The molecule has 1 heteroatoms. The second kappa shape index (κ2) is 5.01. The Labute approximate surface area is 91.8 Å². The van der Waals surface area contributed by atoms with E-state index in [4.69, 9.17) is 4.74 Å². The van der Waals surface area contributed by atoms with Crippen molar-refractivity contribution < 1.29 is 4.74 Å². The van der Waals surface area contributed by atoms with Gasteiger partial charge in [-0.2, -0.15) is 0 Å². The topological polar surface area (TPSA) is 9.23 Å². The Morgan fingerprint density at radius 2 is 2.20 bits per heavy atom. The number of fused-ring (bicyclic) bond motifs is 1. The molecule has 0 amide bonds. The third-order valence-corrected chi connectivity index (χ3v) is 2.77. The zero-order valence-electron chi connectivity index (χ0n) is 9.28. The van der Waals surface area contributed by atoms with Crippen LogP contribution in [0.25, 0.3) is 0 Å². The molecule has 0 fully saturated rings. The molecule has 0 spiro atoms. The van der Waals surface area contributed by atoms with Crippen molar-refractivity contribution in [1.82, 2.24) is 0 Å². The van der Waals surface area contributed by atoms with Gasteiger partial charge in [-0.05, 0) is 30.9 Å². The highest BCUT2D eigenvalue weighted by Crippen LogP contribution is 2.29. The molecule has 0 aliphatic carbocycles. The lowest BCUT2D eigenvalue weighted by Gasteiger charge is -2.08. The van der Waals surface area contributed by atoms with Crippen LogP contribution >= 0.6 is 0 Å². The molecule has 15 heavy (non-hydrogen) atoms. The molecule has 0 saturated carbocycles. The minimum absolute atomic E-state index is 0.393. The molecule has 1 nitrogen and oxygen atoms in total. The van der Waals surface area contributed by atoms with Gasteiger partial charge in [0, 0.05) is 6.42 Å². The number of hydrogen-bond donors (Lipinski definition) is 0. The first-order chi connectivity index (χ1) is 7.40. The lowest BCUT2D eigenvalue weighted by Crippen LogP contribution is -2.11. The SMILES string of the molecule is CCC=CCCC1Cc2ccccc2O1. The van der Waals surface area contributed by atoms with Crippen molar-refractivity contribution in [3.05, 3.63) is 42.0 Å². The number of allylic oxidation sites excluding steroid dienone is 2. The molecular formula is C14H18O. The van der Waals surface area contributed by atoms with Gasteiger partial charge >= 0.3 is 0 Å². The Bertz CT molecular complexity index is 316. The summed E-state index contributed by atoms with van der Waals surface area (Å²) >= 11 is 0. The van der Waals surface area contributed by atoms with Crippen LogP contribution < -0.4 is 4.74 Å². The van der Waals surface area contributed by atoms with Gasteiger partial charge in [-0.1, -0.05) is 37.3 Å². The number of hydrogen-bond acceptors (Lipinski definition) is 1. The van der Waals surface area contributed by atoms with Crippen molar-refractivity contribution in [2.45, 2.75) is 38.7 Å². The molecule has 0 saturated heterocycles. The van der Waals surface area contributed by atoms with Crippen LogP contribution in [0.4, 0.5) is 0 Å². The van der Waals surface area contributed by atoms with E-state index in [-0.39, 0.29) is 0 Å². The Morgan fingerprint density at radius 3 is 3.00 bits per heavy atom. The fraction of sp³-hybridized carbons (Fsp3) is 0.429. The first-order valence-corrected chi connectivity index (χ1v) is 5.79. The van der Waals surface area contributed by atoms with Crippen LogP contribution in [-0.4, -0.2) is 6.10 Å². The van der Waals surface area contributed by atoms with Crippen molar-refractivity contribution >= 4 is 0 Å². The predicted octanol–water partition coefficient (Wildman–Crippen LogP) is 3.74. The molecule has 1 aromatic rings. The summed E-state index contributed by atoms with van der Waals surface area (Å²) in [5.74, 6) is 1.09. The van der Waals surface area contributed by atoms with E-state index >= 15 is 0 Å². The van der Waals surface area contributed by atoms with Gasteiger partial charge in [0.1, 0.15) is 11.9 Å². The number of para-hydroxylation sites is 1. The fourth-order valence-corrected chi connectivity index (χ4v) is 1.98. The van der Waals surface area contributed by atoms with E-state index < -0.39 is 0 Å². The summed E-state index contributed by atoms with van der Waals surface area (Å²) < 4.78 is 5.85. The molecule has 80 valence electrons. The molecule has 1 aromatic carbocycles.